The van der Waals surface area contributed by atoms with E-state index in [2.05, 4.69) is 10.6 Å². The van der Waals surface area contributed by atoms with Gasteiger partial charge >= 0.3 is 6.09 Å². The number of aliphatic hydroxyl groups is 1. The van der Waals surface area contributed by atoms with Gasteiger partial charge in [0.1, 0.15) is 12.7 Å². The maximum atomic E-state index is 14.2. The molecule has 2 aromatic carbocycles. The van der Waals surface area contributed by atoms with Crippen LogP contribution in [-0.4, -0.2) is 108 Å². The summed E-state index contributed by atoms with van der Waals surface area (Å²) in [7, 11) is -2.78. The van der Waals surface area contributed by atoms with E-state index >= 15 is 0 Å². The first-order chi connectivity index (χ1) is 22.9. The molecular formula is C33H45N3O11S. The third-order valence-corrected chi connectivity index (χ3v) is 10.5. The summed E-state index contributed by atoms with van der Waals surface area (Å²) in [6.45, 7) is 4.32. The lowest BCUT2D eigenvalue weighted by Crippen LogP contribution is -2.52. The predicted molar refractivity (Wildman–Crippen MR) is 172 cm³/mol. The van der Waals surface area contributed by atoms with Crippen molar-refractivity contribution in [2.24, 2.45) is 11.3 Å². The van der Waals surface area contributed by atoms with E-state index in [1.807, 2.05) is 44.2 Å². The molecule has 0 aliphatic carbocycles. The van der Waals surface area contributed by atoms with Gasteiger partial charge in [0.25, 0.3) is 0 Å². The van der Waals surface area contributed by atoms with Gasteiger partial charge in [0.2, 0.25) is 22.7 Å². The van der Waals surface area contributed by atoms with Gasteiger partial charge in [-0.25, -0.2) is 13.2 Å². The van der Waals surface area contributed by atoms with Crippen LogP contribution in [0.15, 0.2) is 53.4 Å². The smallest absolute Gasteiger partial charge is 0.407 e. The first kappa shape index (κ1) is 35.8. The number of carbonyl (C=O) groups excluding carboxylic acids is 2. The molecule has 0 saturated carbocycles. The van der Waals surface area contributed by atoms with Crippen LogP contribution in [0.3, 0.4) is 0 Å². The Morgan fingerprint density at radius 2 is 1.88 bits per heavy atom. The number of carbonyl (C=O) groups is 2. The van der Waals surface area contributed by atoms with Crippen molar-refractivity contribution < 1.29 is 51.5 Å². The van der Waals surface area contributed by atoms with E-state index in [0.29, 0.717) is 30.9 Å². The summed E-state index contributed by atoms with van der Waals surface area (Å²) in [6, 6.07) is 12.7. The van der Waals surface area contributed by atoms with Gasteiger partial charge in [-0.2, -0.15) is 4.31 Å². The minimum absolute atomic E-state index is 0.00797. The van der Waals surface area contributed by atoms with Crippen LogP contribution in [0.25, 0.3) is 0 Å². The fraction of sp³-hybridized carbons (Fsp3) is 0.576. The van der Waals surface area contributed by atoms with Crippen LogP contribution >= 0.6 is 0 Å². The molecule has 5 atom stereocenters. The van der Waals surface area contributed by atoms with Gasteiger partial charge in [0, 0.05) is 32.8 Å². The van der Waals surface area contributed by atoms with Crippen LogP contribution in [0.1, 0.15) is 32.3 Å². The lowest BCUT2D eigenvalue weighted by molar-refractivity contribution is -0.124. The Morgan fingerprint density at radius 3 is 2.65 bits per heavy atom. The highest BCUT2D eigenvalue weighted by molar-refractivity contribution is 7.89. The van der Waals surface area contributed by atoms with Crippen LogP contribution < -0.4 is 20.1 Å². The normalized spacial score (nSPS) is 21.5. The average molecular weight is 692 g/mol. The first-order valence-electron chi connectivity index (χ1n) is 16.0. The van der Waals surface area contributed by atoms with Crippen molar-refractivity contribution in [3.63, 3.8) is 0 Å². The number of aliphatic hydroxyl groups excluding tert-OH is 1. The van der Waals surface area contributed by atoms with Crippen molar-refractivity contribution in [1.29, 1.82) is 0 Å². The van der Waals surface area contributed by atoms with Gasteiger partial charge in [0.05, 0.1) is 36.2 Å². The molecule has 0 bridgehead atoms. The Labute approximate surface area is 281 Å². The Morgan fingerprint density at radius 1 is 1.10 bits per heavy atom. The van der Waals surface area contributed by atoms with E-state index in [1.54, 1.807) is 0 Å². The van der Waals surface area contributed by atoms with E-state index in [-0.39, 0.29) is 62.8 Å². The molecule has 2 saturated heterocycles. The monoisotopic (exact) mass is 691 g/mol. The minimum atomic E-state index is -4.21. The molecule has 3 aliphatic heterocycles. The molecule has 3 heterocycles. The number of ether oxygens (including phenoxy) is 6. The van der Waals surface area contributed by atoms with Gasteiger partial charge in [0.15, 0.2) is 17.8 Å². The van der Waals surface area contributed by atoms with Gasteiger partial charge in [-0.15, -0.1) is 0 Å². The zero-order valence-electron chi connectivity index (χ0n) is 27.5. The molecule has 2 amide bonds. The highest BCUT2D eigenvalue weighted by atomic mass is 32.2. The molecular weight excluding hydrogens is 646 g/mol. The van der Waals surface area contributed by atoms with Crippen molar-refractivity contribution in [3.8, 4) is 11.5 Å². The molecule has 0 unspecified atom stereocenters. The molecule has 0 radical (unpaired) electrons. The van der Waals surface area contributed by atoms with Crippen molar-refractivity contribution in [3.05, 3.63) is 54.1 Å². The Bertz CT molecular complexity index is 1510. The number of nitrogens with zero attached hydrogens (tertiary/aromatic N) is 1. The number of rotatable bonds is 16. The van der Waals surface area contributed by atoms with Gasteiger partial charge in [-0.1, -0.05) is 44.2 Å². The first-order valence-corrected chi connectivity index (χ1v) is 17.5. The number of nitrogens with one attached hydrogen (secondary N) is 2. The summed E-state index contributed by atoms with van der Waals surface area (Å²) in [5.74, 6) is 0.378. The second-order valence-electron chi connectivity index (χ2n) is 13.0. The van der Waals surface area contributed by atoms with Gasteiger partial charge < -0.3 is 44.2 Å². The number of hydrogen-bond donors (Lipinski definition) is 3. The molecule has 264 valence electrons. The molecule has 48 heavy (non-hydrogen) atoms. The third-order valence-electron chi connectivity index (χ3n) is 8.69. The molecule has 2 aromatic rings. The number of hydrogen-bond acceptors (Lipinski definition) is 11. The highest BCUT2D eigenvalue weighted by Crippen LogP contribution is 2.36. The van der Waals surface area contributed by atoms with Crippen LogP contribution in [-0.2, 0) is 40.2 Å². The number of methoxy groups -OCH3 is 1. The molecule has 15 heteroatoms. The average Bonchev–Trinajstić information content (AvgIpc) is 3.79. The lowest BCUT2D eigenvalue weighted by Gasteiger charge is -2.35. The van der Waals surface area contributed by atoms with Gasteiger partial charge in [-0.05, 0) is 42.4 Å². The predicted octanol–water partition coefficient (Wildman–Crippen LogP) is 2.04. The van der Waals surface area contributed by atoms with Crippen molar-refractivity contribution in [2.75, 3.05) is 53.4 Å². The molecule has 0 spiro atoms. The molecule has 5 rings (SSSR count). The highest BCUT2D eigenvalue weighted by Gasteiger charge is 2.44. The number of benzene rings is 2. The molecule has 2 fully saturated rings. The maximum Gasteiger partial charge on any atom is 0.407 e. The topological polar surface area (TPSA) is 171 Å². The van der Waals surface area contributed by atoms with Crippen molar-refractivity contribution >= 4 is 22.0 Å². The quantitative estimate of drug-likeness (QED) is 0.235. The molecule has 0 aromatic heterocycles. The minimum Gasteiger partial charge on any atom is -0.454 e. The van der Waals surface area contributed by atoms with E-state index in [4.69, 9.17) is 28.4 Å². The fourth-order valence-corrected chi connectivity index (χ4v) is 7.73. The third kappa shape index (κ3) is 9.15. The second kappa shape index (κ2) is 15.8. The molecule has 3 aliphatic rings. The van der Waals surface area contributed by atoms with E-state index < -0.39 is 46.1 Å². The summed E-state index contributed by atoms with van der Waals surface area (Å²) >= 11 is 0. The van der Waals surface area contributed by atoms with Crippen LogP contribution in [0, 0.1) is 11.3 Å². The zero-order chi connectivity index (χ0) is 34.3. The Kier molecular flexibility index (Phi) is 11.8. The van der Waals surface area contributed by atoms with Crippen LogP contribution in [0.4, 0.5) is 4.79 Å². The van der Waals surface area contributed by atoms with Crippen molar-refractivity contribution in [1.82, 2.24) is 14.9 Å². The summed E-state index contributed by atoms with van der Waals surface area (Å²) in [5, 5.41) is 17.3. The summed E-state index contributed by atoms with van der Waals surface area (Å²) in [5.41, 5.74) is 0.181. The Hall–Kier alpha value is -3.47. The number of amides is 2. The summed E-state index contributed by atoms with van der Waals surface area (Å²) in [4.78, 5) is 25.1. The summed E-state index contributed by atoms with van der Waals surface area (Å²) in [6.07, 6.45) is -1.65. The van der Waals surface area contributed by atoms with Crippen LogP contribution in [0.5, 0.6) is 11.5 Å². The lowest BCUT2D eigenvalue weighted by atomic mass is 9.89. The van der Waals surface area contributed by atoms with E-state index in [0.717, 1.165) is 5.56 Å². The zero-order valence-corrected chi connectivity index (χ0v) is 28.3. The second-order valence-corrected chi connectivity index (χ2v) is 14.9. The standard InChI is InChI=1S/C33H45N3O11S/c1-33(2,12-13-34-30(38)19-42-3)20-36(48(40,41)23-9-10-27-28(16-23)46-21-45-27)17-26(37)25(15-22-7-5-4-6-8-22)35-32(39)47-29-18-44-31-24(29)11-14-43-31/h4-10,16,24-26,29,31,37H,11-15,17-21H2,1-3H3,(H,34,38)(H,35,39)/t24-,25-,26+,29-,31+/m0/s1. The van der Waals surface area contributed by atoms with Crippen molar-refractivity contribution in [2.45, 2.75) is 62.5 Å². The number of sulfonamides is 1. The largest absolute Gasteiger partial charge is 0.454 e. The van der Waals surface area contributed by atoms with E-state index in [9.17, 15) is 23.1 Å². The Balaban J connectivity index is 1.36. The van der Waals surface area contributed by atoms with Crippen LogP contribution in [0.2, 0.25) is 0 Å². The SMILES string of the molecule is COCC(=O)NCCC(C)(C)CN(C[C@@H](O)[C@H](Cc1ccccc1)NC(=O)O[C@H]1CO[C@H]2OCC[C@H]21)S(=O)(=O)c1ccc2c(c1)OCO2. The number of alkyl carbamates (subject to hydrolysis) is 1. The maximum absolute atomic E-state index is 14.2. The van der Waals surface area contributed by atoms with Gasteiger partial charge in [-0.3, -0.25) is 4.79 Å². The fourth-order valence-electron chi connectivity index (χ4n) is 6.07. The molecule has 3 N–H and O–H groups in total. The summed E-state index contributed by atoms with van der Waals surface area (Å²) < 4.78 is 62.2. The number of fused-ring (bicyclic) bond motifs is 2. The van der Waals surface area contributed by atoms with E-state index in [1.165, 1.54) is 29.6 Å². The molecule has 14 nitrogen and oxygen atoms in total.